The highest BCUT2D eigenvalue weighted by atomic mass is 16.1. The lowest BCUT2D eigenvalue weighted by Crippen LogP contribution is -2.30. The van der Waals surface area contributed by atoms with Gasteiger partial charge < -0.3 is 9.88 Å². The lowest BCUT2D eigenvalue weighted by atomic mass is 10.1. The average molecular weight is 416 g/mol. The van der Waals surface area contributed by atoms with Gasteiger partial charge in [0.25, 0.3) is 5.91 Å². The first-order valence-corrected chi connectivity index (χ1v) is 10.8. The quantitative estimate of drug-likeness (QED) is 0.460. The molecule has 0 aliphatic rings. The number of fused-ring (bicyclic) bond motifs is 1. The van der Waals surface area contributed by atoms with Crippen LogP contribution in [0.15, 0.2) is 60.8 Å². The minimum Gasteiger partial charge on any atom is -0.342 e. The number of benzene rings is 1. The van der Waals surface area contributed by atoms with Gasteiger partial charge in [-0.15, -0.1) is 10.2 Å². The number of rotatable bonds is 7. The third-order valence-corrected chi connectivity index (χ3v) is 5.93. The van der Waals surface area contributed by atoms with E-state index in [1.807, 2.05) is 60.0 Å². The van der Waals surface area contributed by atoms with Crippen LogP contribution in [-0.4, -0.2) is 25.1 Å². The van der Waals surface area contributed by atoms with Crippen molar-refractivity contribution in [1.29, 1.82) is 0 Å². The Labute approximate surface area is 182 Å². The number of nitrogens with one attached hydrogen (secondary N) is 1. The van der Waals surface area contributed by atoms with E-state index in [9.17, 15) is 4.79 Å². The van der Waals surface area contributed by atoms with Crippen molar-refractivity contribution in [3.8, 4) is 0 Å². The Morgan fingerprint density at radius 1 is 1.06 bits per heavy atom. The molecule has 0 fully saturated rings. The second kappa shape index (κ2) is 8.76. The molecule has 31 heavy (non-hydrogen) atoms. The van der Waals surface area contributed by atoms with Crippen LogP contribution in [0, 0.1) is 13.8 Å². The van der Waals surface area contributed by atoms with E-state index in [2.05, 4.69) is 53.0 Å². The fourth-order valence-electron chi connectivity index (χ4n) is 4.37. The molecule has 0 bridgehead atoms. The molecule has 1 amide bonds. The summed E-state index contributed by atoms with van der Waals surface area (Å²) in [6, 6.07) is 18.1. The van der Waals surface area contributed by atoms with Gasteiger partial charge in [-0.05, 0) is 51.0 Å². The Kier molecular flexibility index (Phi) is 5.89. The molecule has 4 rings (SSSR count). The predicted octanol–water partition coefficient (Wildman–Crippen LogP) is 5.03. The van der Waals surface area contributed by atoms with E-state index >= 15 is 0 Å². The third kappa shape index (κ3) is 3.98. The Morgan fingerprint density at radius 3 is 2.55 bits per heavy atom. The van der Waals surface area contributed by atoms with Gasteiger partial charge in [0, 0.05) is 17.6 Å². The summed E-state index contributed by atoms with van der Waals surface area (Å²) in [6.45, 7) is 8.34. The maximum absolute atomic E-state index is 13.3. The van der Waals surface area contributed by atoms with E-state index < -0.39 is 0 Å². The molecule has 1 aromatic carbocycles. The Hall–Kier alpha value is -3.41. The highest BCUT2D eigenvalue weighted by molar-refractivity contribution is 5.96. The zero-order chi connectivity index (χ0) is 22.0. The van der Waals surface area contributed by atoms with Crippen molar-refractivity contribution >= 4 is 11.6 Å². The fraction of sp³-hybridized carbons (Fsp3) is 0.320. The molecular weight excluding hydrogens is 386 g/mol. The van der Waals surface area contributed by atoms with Crippen molar-refractivity contribution in [3.63, 3.8) is 0 Å². The van der Waals surface area contributed by atoms with Gasteiger partial charge in [0.1, 0.15) is 0 Å². The van der Waals surface area contributed by atoms with Crippen molar-refractivity contribution < 1.29 is 4.79 Å². The first kappa shape index (κ1) is 20.8. The molecule has 2 atom stereocenters. The molecule has 0 radical (unpaired) electrons. The summed E-state index contributed by atoms with van der Waals surface area (Å²) in [6.07, 6.45) is 3.66. The zero-order valence-corrected chi connectivity index (χ0v) is 18.5. The van der Waals surface area contributed by atoms with E-state index in [4.69, 9.17) is 0 Å². The normalized spacial score (nSPS) is 13.3. The molecule has 0 aliphatic carbocycles. The van der Waals surface area contributed by atoms with Crippen molar-refractivity contribution in [1.82, 2.24) is 24.5 Å². The number of hydrogen-bond donors (Lipinski definition) is 1. The number of aromatic nitrogens is 4. The van der Waals surface area contributed by atoms with Gasteiger partial charge in [-0.25, -0.2) is 0 Å². The summed E-state index contributed by atoms with van der Waals surface area (Å²) in [5.74, 6) is 0.683. The molecule has 0 saturated carbocycles. The summed E-state index contributed by atoms with van der Waals surface area (Å²) in [5.41, 5.74) is 4.74. The SMILES string of the molecule is CCCC(NC(=O)c1cc(C)n(C(C)c2ccccc2)c1C)c1nnc2ccccn12. The minimum atomic E-state index is -0.204. The number of pyridine rings is 1. The van der Waals surface area contributed by atoms with Crippen LogP contribution < -0.4 is 5.32 Å². The third-order valence-electron chi connectivity index (χ3n) is 5.93. The maximum Gasteiger partial charge on any atom is 0.253 e. The highest BCUT2D eigenvalue weighted by Crippen LogP contribution is 2.26. The topological polar surface area (TPSA) is 64.2 Å². The first-order valence-electron chi connectivity index (χ1n) is 10.8. The van der Waals surface area contributed by atoms with Gasteiger partial charge in [0.2, 0.25) is 0 Å². The van der Waals surface area contributed by atoms with Crippen LogP contribution in [0.25, 0.3) is 5.65 Å². The van der Waals surface area contributed by atoms with E-state index in [0.29, 0.717) is 5.56 Å². The number of carbonyl (C=O) groups is 1. The van der Waals surface area contributed by atoms with Gasteiger partial charge in [-0.1, -0.05) is 49.7 Å². The molecule has 6 heteroatoms. The van der Waals surface area contributed by atoms with Crippen molar-refractivity contribution in [2.24, 2.45) is 0 Å². The minimum absolute atomic E-state index is 0.0780. The number of carbonyl (C=O) groups excluding carboxylic acids is 1. The molecule has 1 N–H and O–H groups in total. The zero-order valence-electron chi connectivity index (χ0n) is 18.5. The van der Waals surface area contributed by atoms with Gasteiger partial charge in [-0.2, -0.15) is 0 Å². The summed E-state index contributed by atoms with van der Waals surface area (Å²) in [4.78, 5) is 13.3. The molecule has 0 saturated heterocycles. The van der Waals surface area contributed by atoms with Gasteiger partial charge >= 0.3 is 0 Å². The molecule has 3 heterocycles. The standard InChI is InChI=1S/C25H29N5O/c1-5-11-22(24-28-27-23-14-9-10-15-29(23)24)26-25(31)21-16-17(2)30(19(21)4)18(3)20-12-7-6-8-13-20/h6-10,12-16,18,22H,5,11H2,1-4H3,(H,26,31). The molecule has 6 nitrogen and oxygen atoms in total. The summed E-state index contributed by atoms with van der Waals surface area (Å²) in [7, 11) is 0. The lowest BCUT2D eigenvalue weighted by molar-refractivity contribution is 0.0931. The van der Waals surface area contributed by atoms with Crippen LogP contribution in [0.2, 0.25) is 0 Å². The summed E-state index contributed by atoms with van der Waals surface area (Å²) < 4.78 is 4.17. The van der Waals surface area contributed by atoms with E-state index in [0.717, 1.165) is 35.7 Å². The molecular formula is C25H29N5O. The maximum atomic E-state index is 13.3. The monoisotopic (exact) mass is 415 g/mol. The second-order valence-electron chi connectivity index (χ2n) is 8.04. The van der Waals surface area contributed by atoms with Crippen LogP contribution >= 0.6 is 0 Å². The molecule has 2 unspecified atom stereocenters. The smallest absolute Gasteiger partial charge is 0.253 e. The largest absolute Gasteiger partial charge is 0.342 e. The number of amides is 1. The summed E-state index contributed by atoms with van der Waals surface area (Å²) in [5, 5.41) is 11.8. The van der Waals surface area contributed by atoms with Crippen molar-refractivity contribution in [2.75, 3.05) is 0 Å². The van der Waals surface area contributed by atoms with Crippen LogP contribution in [-0.2, 0) is 0 Å². The highest BCUT2D eigenvalue weighted by Gasteiger charge is 2.24. The van der Waals surface area contributed by atoms with Gasteiger partial charge in [0.05, 0.1) is 17.6 Å². The summed E-state index contributed by atoms with van der Waals surface area (Å²) >= 11 is 0. The van der Waals surface area contributed by atoms with Crippen LogP contribution in [0.5, 0.6) is 0 Å². The second-order valence-corrected chi connectivity index (χ2v) is 8.04. The first-order chi connectivity index (χ1) is 15.0. The predicted molar refractivity (Wildman–Crippen MR) is 122 cm³/mol. The van der Waals surface area contributed by atoms with Crippen LogP contribution in [0.4, 0.5) is 0 Å². The van der Waals surface area contributed by atoms with Crippen molar-refractivity contribution in [3.05, 3.63) is 89.1 Å². The molecule has 3 aromatic heterocycles. The van der Waals surface area contributed by atoms with Gasteiger partial charge in [0.15, 0.2) is 11.5 Å². The molecule has 4 aromatic rings. The average Bonchev–Trinajstić information content (AvgIpc) is 3.34. The number of hydrogen-bond acceptors (Lipinski definition) is 3. The van der Waals surface area contributed by atoms with Crippen molar-refractivity contribution in [2.45, 2.75) is 52.6 Å². The van der Waals surface area contributed by atoms with E-state index in [1.54, 1.807) is 0 Å². The van der Waals surface area contributed by atoms with E-state index in [1.165, 1.54) is 5.56 Å². The molecule has 0 aliphatic heterocycles. The fourth-order valence-corrected chi connectivity index (χ4v) is 4.37. The van der Waals surface area contributed by atoms with Crippen LogP contribution in [0.1, 0.15) is 71.9 Å². The van der Waals surface area contributed by atoms with E-state index in [-0.39, 0.29) is 18.0 Å². The van der Waals surface area contributed by atoms with Gasteiger partial charge in [-0.3, -0.25) is 9.20 Å². The molecule has 160 valence electrons. The Morgan fingerprint density at radius 2 is 1.81 bits per heavy atom. The number of aryl methyl sites for hydroxylation is 1. The lowest BCUT2D eigenvalue weighted by Gasteiger charge is -2.20. The molecule has 0 spiro atoms. The number of nitrogens with zero attached hydrogens (tertiary/aromatic N) is 4. The Balaban J connectivity index is 1.63. The van der Waals surface area contributed by atoms with Crippen LogP contribution in [0.3, 0.4) is 0 Å². The Bertz CT molecular complexity index is 1190.